The van der Waals surface area contributed by atoms with E-state index in [1.54, 1.807) is 13.8 Å². The number of amides is 2. The number of aryl methyl sites for hydroxylation is 1. The van der Waals surface area contributed by atoms with Crippen LogP contribution >= 0.6 is 0 Å². The average Bonchev–Trinajstić information content (AvgIpc) is 3.01. The number of alkyl halides is 6. The maximum absolute atomic E-state index is 13.1. The van der Waals surface area contributed by atoms with Crippen LogP contribution < -0.4 is 10.6 Å². The first-order chi connectivity index (χ1) is 16.2. The molecule has 0 atom stereocenters. The van der Waals surface area contributed by atoms with Gasteiger partial charge in [-0.1, -0.05) is 6.07 Å². The molecule has 6 nitrogen and oxygen atoms in total. The minimum atomic E-state index is -4.67. The number of carbonyl (C=O) groups is 2. The molecule has 1 heterocycles. The minimum Gasteiger partial charge on any atom is -0.325 e. The van der Waals surface area contributed by atoms with Crippen molar-refractivity contribution < 1.29 is 35.9 Å². The van der Waals surface area contributed by atoms with Crippen LogP contribution in [-0.4, -0.2) is 21.6 Å². The molecule has 3 aromatic rings. The van der Waals surface area contributed by atoms with Crippen LogP contribution in [0.1, 0.15) is 35.0 Å². The molecule has 2 N–H and O–H groups in total. The Kier molecular flexibility index (Phi) is 6.95. The van der Waals surface area contributed by atoms with Crippen molar-refractivity contribution in [2.24, 2.45) is 0 Å². The second-order valence-corrected chi connectivity index (χ2v) is 7.77. The number of anilines is 2. The summed E-state index contributed by atoms with van der Waals surface area (Å²) in [5.41, 5.74) is -0.869. The number of hydrogen-bond donors (Lipinski definition) is 2. The van der Waals surface area contributed by atoms with Crippen molar-refractivity contribution >= 4 is 23.2 Å². The van der Waals surface area contributed by atoms with Crippen LogP contribution in [0.15, 0.2) is 42.5 Å². The van der Waals surface area contributed by atoms with E-state index in [-0.39, 0.29) is 23.5 Å². The lowest BCUT2D eigenvalue weighted by Crippen LogP contribution is -2.18. The fourth-order valence-corrected chi connectivity index (χ4v) is 3.47. The van der Waals surface area contributed by atoms with Crippen LogP contribution in [0.2, 0.25) is 0 Å². The highest BCUT2D eigenvalue weighted by atomic mass is 19.4. The Morgan fingerprint density at radius 3 is 2.11 bits per heavy atom. The van der Waals surface area contributed by atoms with E-state index in [0.717, 1.165) is 31.2 Å². The number of aromatic nitrogens is 2. The molecule has 0 aliphatic rings. The Hall–Kier alpha value is -3.83. The highest BCUT2D eigenvalue weighted by molar-refractivity contribution is 5.99. The van der Waals surface area contributed by atoms with Gasteiger partial charge in [-0.3, -0.25) is 9.59 Å². The molecule has 2 aromatic carbocycles. The van der Waals surface area contributed by atoms with Crippen molar-refractivity contribution in [1.29, 1.82) is 0 Å². The van der Waals surface area contributed by atoms with Gasteiger partial charge in [0, 0.05) is 18.2 Å². The van der Waals surface area contributed by atoms with Crippen LogP contribution in [0.25, 0.3) is 5.69 Å². The molecule has 3 rings (SSSR count). The summed E-state index contributed by atoms with van der Waals surface area (Å²) in [6.45, 7) is 4.29. The normalized spacial score (nSPS) is 11.9. The third kappa shape index (κ3) is 6.00. The third-order valence-electron chi connectivity index (χ3n) is 5.13. The first-order valence-electron chi connectivity index (χ1n) is 10.2. The number of halogens is 6. The molecule has 12 heteroatoms. The SMILES string of the molecule is CC(=O)Nc1ccc(C(F)(F)F)cc1NC(=O)Cc1c(C)nn(-c2cccc(C(F)(F)F)c2)c1C. The first kappa shape index (κ1) is 25.8. The molecular formula is C23H20F6N4O2. The molecular weight excluding hydrogens is 478 g/mol. The number of benzene rings is 2. The Balaban J connectivity index is 1.90. The largest absolute Gasteiger partial charge is 0.416 e. The summed E-state index contributed by atoms with van der Waals surface area (Å²) < 4.78 is 79.9. The molecule has 0 saturated heterocycles. The van der Waals surface area contributed by atoms with E-state index in [4.69, 9.17) is 0 Å². The molecule has 1 aromatic heterocycles. The van der Waals surface area contributed by atoms with Gasteiger partial charge in [-0.15, -0.1) is 0 Å². The number of hydrogen-bond acceptors (Lipinski definition) is 3. The van der Waals surface area contributed by atoms with E-state index in [1.165, 1.54) is 16.8 Å². The molecule has 0 aliphatic carbocycles. The number of nitrogens with zero attached hydrogens (tertiary/aromatic N) is 2. The van der Waals surface area contributed by atoms with Crippen LogP contribution in [0, 0.1) is 13.8 Å². The van der Waals surface area contributed by atoms with E-state index in [2.05, 4.69) is 15.7 Å². The molecule has 0 bridgehead atoms. The standard InChI is InChI=1S/C23H20F6N4O2/c1-12-18(13(2)33(32-12)17-6-4-5-15(9-17)22(24,25)26)11-21(35)31-20-10-16(23(27,28)29)7-8-19(20)30-14(3)34/h4-10H,11H2,1-3H3,(H,30,34)(H,31,35). The van der Waals surface area contributed by atoms with Crippen molar-refractivity contribution in [2.45, 2.75) is 39.5 Å². The van der Waals surface area contributed by atoms with Gasteiger partial charge in [-0.25, -0.2) is 4.68 Å². The Morgan fingerprint density at radius 2 is 1.51 bits per heavy atom. The third-order valence-corrected chi connectivity index (χ3v) is 5.13. The highest BCUT2D eigenvalue weighted by Gasteiger charge is 2.32. The maximum Gasteiger partial charge on any atom is 0.416 e. The summed E-state index contributed by atoms with van der Waals surface area (Å²) in [6, 6.07) is 7.02. The van der Waals surface area contributed by atoms with Gasteiger partial charge in [0.15, 0.2) is 0 Å². The first-order valence-corrected chi connectivity index (χ1v) is 10.2. The highest BCUT2D eigenvalue weighted by Crippen LogP contribution is 2.34. The van der Waals surface area contributed by atoms with Gasteiger partial charge >= 0.3 is 12.4 Å². The lowest BCUT2D eigenvalue weighted by atomic mass is 10.1. The minimum absolute atomic E-state index is 0.0213. The van der Waals surface area contributed by atoms with Gasteiger partial charge in [-0.2, -0.15) is 31.4 Å². The van der Waals surface area contributed by atoms with Crippen molar-refractivity contribution in [3.63, 3.8) is 0 Å². The molecule has 0 fully saturated rings. The second kappa shape index (κ2) is 9.43. The van der Waals surface area contributed by atoms with E-state index in [0.29, 0.717) is 23.0 Å². The molecule has 0 saturated carbocycles. The molecule has 186 valence electrons. The van der Waals surface area contributed by atoms with Crippen molar-refractivity contribution in [3.8, 4) is 5.69 Å². The van der Waals surface area contributed by atoms with Gasteiger partial charge < -0.3 is 10.6 Å². The summed E-state index contributed by atoms with van der Waals surface area (Å²) in [4.78, 5) is 24.1. The summed E-state index contributed by atoms with van der Waals surface area (Å²) in [5.74, 6) is -1.25. The van der Waals surface area contributed by atoms with E-state index in [1.807, 2.05) is 0 Å². The summed E-state index contributed by atoms with van der Waals surface area (Å²) >= 11 is 0. The smallest absolute Gasteiger partial charge is 0.325 e. The monoisotopic (exact) mass is 498 g/mol. The number of carbonyl (C=O) groups excluding carboxylic acids is 2. The maximum atomic E-state index is 13.1. The zero-order chi connectivity index (χ0) is 26.1. The predicted molar refractivity (Wildman–Crippen MR) is 116 cm³/mol. The van der Waals surface area contributed by atoms with Crippen molar-refractivity contribution in [2.75, 3.05) is 10.6 Å². The lowest BCUT2D eigenvalue weighted by Gasteiger charge is -2.15. The van der Waals surface area contributed by atoms with Gasteiger partial charge in [0.25, 0.3) is 0 Å². The molecule has 35 heavy (non-hydrogen) atoms. The summed E-state index contributed by atoms with van der Waals surface area (Å²) in [7, 11) is 0. The second-order valence-electron chi connectivity index (χ2n) is 7.77. The van der Waals surface area contributed by atoms with Crippen LogP contribution in [0.4, 0.5) is 37.7 Å². The van der Waals surface area contributed by atoms with Crippen LogP contribution in [-0.2, 0) is 28.4 Å². The Bertz CT molecular complexity index is 1280. The van der Waals surface area contributed by atoms with Gasteiger partial charge in [0.05, 0.1) is 40.3 Å². The lowest BCUT2D eigenvalue weighted by molar-refractivity contribution is -0.138. The fraction of sp³-hybridized carbons (Fsp3) is 0.261. The van der Waals surface area contributed by atoms with Crippen LogP contribution in [0.5, 0.6) is 0 Å². The number of rotatable bonds is 5. The predicted octanol–water partition coefficient (Wildman–Crippen LogP) is 5.67. The molecule has 0 unspecified atom stereocenters. The summed E-state index contributed by atoms with van der Waals surface area (Å²) in [5, 5.41) is 8.96. The van der Waals surface area contributed by atoms with Gasteiger partial charge in [-0.05, 0) is 50.2 Å². The van der Waals surface area contributed by atoms with Crippen LogP contribution in [0.3, 0.4) is 0 Å². The van der Waals surface area contributed by atoms with Gasteiger partial charge in [0.1, 0.15) is 0 Å². The van der Waals surface area contributed by atoms with E-state index < -0.39 is 35.3 Å². The van der Waals surface area contributed by atoms with E-state index >= 15 is 0 Å². The fourth-order valence-electron chi connectivity index (χ4n) is 3.47. The topological polar surface area (TPSA) is 76.0 Å². The zero-order valence-corrected chi connectivity index (χ0v) is 18.7. The zero-order valence-electron chi connectivity index (χ0n) is 18.7. The quantitative estimate of drug-likeness (QED) is 0.446. The van der Waals surface area contributed by atoms with Crippen molar-refractivity contribution in [1.82, 2.24) is 9.78 Å². The summed E-state index contributed by atoms with van der Waals surface area (Å²) in [6.07, 6.45) is -9.54. The molecule has 0 spiro atoms. The Labute approximate surface area is 195 Å². The molecule has 0 aliphatic heterocycles. The average molecular weight is 498 g/mol. The molecule has 2 amide bonds. The van der Waals surface area contributed by atoms with Crippen molar-refractivity contribution in [3.05, 3.63) is 70.5 Å². The Morgan fingerprint density at radius 1 is 0.886 bits per heavy atom. The van der Waals surface area contributed by atoms with E-state index in [9.17, 15) is 35.9 Å². The van der Waals surface area contributed by atoms with Gasteiger partial charge in [0.2, 0.25) is 11.8 Å². The number of nitrogens with one attached hydrogen (secondary N) is 2. The molecule has 0 radical (unpaired) electrons.